The standard InChI is InChI=1S/C11H10N2O2/c14-7-12-5-4-8-6-13-11-9(8)2-1-3-10(11)15/h1-7,13,15H,(H,12,14). The molecule has 1 aromatic heterocycles. The summed E-state index contributed by atoms with van der Waals surface area (Å²) in [6.45, 7) is 0. The minimum absolute atomic E-state index is 0.218. The molecule has 0 spiro atoms. The largest absolute Gasteiger partial charge is 0.506 e. The van der Waals surface area contributed by atoms with Crippen LogP contribution in [0.15, 0.2) is 30.6 Å². The smallest absolute Gasteiger partial charge is 0.211 e. The first-order valence-electron chi connectivity index (χ1n) is 4.48. The molecule has 0 atom stereocenters. The van der Waals surface area contributed by atoms with Gasteiger partial charge in [-0.05, 0) is 12.1 Å². The van der Waals surface area contributed by atoms with Crippen molar-refractivity contribution in [2.75, 3.05) is 0 Å². The van der Waals surface area contributed by atoms with Crippen LogP contribution in [0.3, 0.4) is 0 Å². The van der Waals surface area contributed by atoms with E-state index in [1.54, 1.807) is 30.6 Å². The van der Waals surface area contributed by atoms with Crippen molar-refractivity contribution in [3.63, 3.8) is 0 Å². The zero-order chi connectivity index (χ0) is 10.7. The van der Waals surface area contributed by atoms with Gasteiger partial charge in [-0.3, -0.25) is 4.79 Å². The van der Waals surface area contributed by atoms with Crippen molar-refractivity contribution < 1.29 is 9.90 Å². The molecule has 1 heterocycles. The van der Waals surface area contributed by atoms with E-state index in [0.717, 1.165) is 10.9 Å². The van der Waals surface area contributed by atoms with Gasteiger partial charge in [0.25, 0.3) is 0 Å². The van der Waals surface area contributed by atoms with Gasteiger partial charge in [0.2, 0.25) is 6.41 Å². The molecule has 0 aliphatic carbocycles. The second-order valence-corrected chi connectivity index (χ2v) is 3.06. The first-order valence-corrected chi connectivity index (χ1v) is 4.48. The Labute approximate surface area is 86.2 Å². The lowest BCUT2D eigenvalue weighted by Crippen LogP contribution is -1.97. The number of hydrogen-bond donors (Lipinski definition) is 3. The molecule has 0 bridgehead atoms. The summed E-state index contributed by atoms with van der Waals surface area (Å²) in [6.07, 6.45) is 5.67. The second kappa shape index (κ2) is 3.88. The van der Waals surface area contributed by atoms with E-state index in [-0.39, 0.29) is 5.75 Å². The second-order valence-electron chi connectivity index (χ2n) is 3.06. The predicted molar refractivity (Wildman–Crippen MR) is 58.2 cm³/mol. The summed E-state index contributed by atoms with van der Waals surface area (Å²) in [4.78, 5) is 13.0. The van der Waals surface area contributed by atoms with Crippen LogP contribution in [0.1, 0.15) is 5.56 Å². The fourth-order valence-corrected chi connectivity index (χ4v) is 1.48. The molecule has 0 aliphatic heterocycles. The zero-order valence-corrected chi connectivity index (χ0v) is 7.90. The van der Waals surface area contributed by atoms with Crippen molar-refractivity contribution in [1.82, 2.24) is 10.3 Å². The average molecular weight is 202 g/mol. The highest BCUT2D eigenvalue weighted by Crippen LogP contribution is 2.26. The van der Waals surface area contributed by atoms with Crippen molar-refractivity contribution in [2.24, 2.45) is 0 Å². The Morgan fingerprint density at radius 2 is 2.27 bits per heavy atom. The number of carbonyl (C=O) groups excluding carboxylic acids is 1. The van der Waals surface area contributed by atoms with Gasteiger partial charge in [-0.25, -0.2) is 0 Å². The van der Waals surface area contributed by atoms with Gasteiger partial charge in [0.05, 0.1) is 5.52 Å². The number of amides is 1. The lowest BCUT2D eigenvalue weighted by Gasteiger charge is -1.94. The quantitative estimate of drug-likeness (QED) is 0.662. The SMILES string of the molecule is O=CNC=Cc1c[nH]c2c(O)cccc12. The third kappa shape index (κ3) is 1.69. The van der Waals surface area contributed by atoms with Gasteiger partial charge in [0.15, 0.2) is 0 Å². The third-order valence-corrected chi connectivity index (χ3v) is 2.15. The highest BCUT2D eigenvalue weighted by atomic mass is 16.3. The number of hydrogen-bond acceptors (Lipinski definition) is 2. The molecule has 2 rings (SSSR count). The Morgan fingerprint density at radius 3 is 3.07 bits per heavy atom. The lowest BCUT2D eigenvalue weighted by molar-refractivity contribution is -0.108. The summed E-state index contributed by atoms with van der Waals surface area (Å²) in [5.74, 6) is 0.218. The minimum Gasteiger partial charge on any atom is -0.506 e. The Hall–Kier alpha value is -2.23. The van der Waals surface area contributed by atoms with Gasteiger partial charge in [0.1, 0.15) is 5.75 Å². The molecule has 0 radical (unpaired) electrons. The highest BCUT2D eigenvalue weighted by Gasteiger charge is 2.03. The summed E-state index contributed by atoms with van der Waals surface area (Å²) < 4.78 is 0. The summed E-state index contributed by atoms with van der Waals surface area (Å²) in [6, 6.07) is 5.29. The number of H-pyrrole nitrogens is 1. The number of aromatic nitrogens is 1. The van der Waals surface area contributed by atoms with E-state index in [1.807, 2.05) is 6.07 Å². The van der Waals surface area contributed by atoms with Gasteiger partial charge in [-0.1, -0.05) is 12.1 Å². The molecule has 2 aromatic rings. The van der Waals surface area contributed by atoms with Crippen molar-refractivity contribution >= 4 is 23.4 Å². The number of phenolic OH excluding ortho intramolecular Hbond substituents is 1. The Kier molecular flexibility index (Phi) is 2.41. The van der Waals surface area contributed by atoms with E-state index in [2.05, 4.69) is 10.3 Å². The molecule has 3 N–H and O–H groups in total. The van der Waals surface area contributed by atoms with E-state index in [9.17, 15) is 9.90 Å². The molecule has 4 heteroatoms. The van der Waals surface area contributed by atoms with Crippen LogP contribution in [0.5, 0.6) is 5.75 Å². The average Bonchev–Trinajstić information content (AvgIpc) is 2.64. The first-order chi connectivity index (χ1) is 7.33. The number of para-hydroxylation sites is 1. The number of phenols is 1. The minimum atomic E-state index is 0.218. The molecule has 15 heavy (non-hydrogen) atoms. The van der Waals surface area contributed by atoms with Crippen LogP contribution in [0.4, 0.5) is 0 Å². The van der Waals surface area contributed by atoms with E-state index in [1.165, 1.54) is 0 Å². The van der Waals surface area contributed by atoms with Crippen LogP contribution in [-0.2, 0) is 4.79 Å². The molecular weight excluding hydrogens is 192 g/mol. The van der Waals surface area contributed by atoms with E-state index in [0.29, 0.717) is 11.9 Å². The molecule has 0 saturated carbocycles. The summed E-state index contributed by atoms with van der Waals surface area (Å²) in [5.41, 5.74) is 1.61. The summed E-state index contributed by atoms with van der Waals surface area (Å²) in [7, 11) is 0. The zero-order valence-electron chi connectivity index (χ0n) is 7.90. The maximum Gasteiger partial charge on any atom is 0.211 e. The Morgan fingerprint density at radius 1 is 1.40 bits per heavy atom. The van der Waals surface area contributed by atoms with Crippen LogP contribution >= 0.6 is 0 Å². The highest BCUT2D eigenvalue weighted by molar-refractivity contribution is 5.92. The van der Waals surface area contributed by atoms with Gasteiger partial charge < -0.3 is 15.4 Å². The number of aromatic amines is 1. The van der Waals surface area contributed by atoms with Crippen molar-refractivity contribution in [3.05, 3.63) is 36.2 Å². The molecule has 0 unspecified atom stereocenters. The first kappa shape index (κ1) is 9.33. The fourth-order valence-electron chi connectivity index (χ4n) is 1.48. The van der Waals surface area contributed by atoms with Crippen molar-refractivity contribution in [3.8, 4) is 5.75 Å². The van der Waals surface area contributed by atoms with Crippen molar-refractivity contribution in [1.29, 1.82) is 0 Å². The number of carbonyl (C=O) groups is 1. The van der Waals surface area contributed by atoms with Crippen LogP contribution in [-0.4, -0.2) is 16.5 Å². The molecule has 1 amide bonds. The molecule has 76 valence electrons. The Balaban J connectivity index is 2.45. The van der Waals surface area contributed by atoms with E-state index < -0.39 is 0 Å². The lowest BCUT2D eigenvalue weighted by atomic mass is 10.1. The van der Waals surface area contributed by atoms with Crippen LogP contribution in [0.2, 0.25) is 0 Å². The van der Waals surface area contributed by atoms with Crippen LogP contribution in [0, 0.1) is 0 Å². The van der Waals surface area contributed by atoms with Crippen LogP contribution < -0.4 is 5.32 Å². The number of rotatable bonds is 3. The molecular formula is C11H10N2O2. The topological polar surface area (TPSA) is 65.1 Å². The van der Waals surface area contributed by atoms with Gasteiger partial charge in [0, 0.05) is 23.3 Å². The number of benzene rings is 1. The van der Waals surface area contributed by atoms with E-state index >= 15 is 0 Å². The molecule has 0 saturated heterocycles. The van der Waals surface area contributed by atoms with Gasteiger partial charge in [-0.2, -0.15) is 0 Å². The number of nitrogens with one attached hydrogen (secondary N) is 2. The molecule has 0 aliphatic rings. The normalized spacial score (nSPS) is 10.9. The number of aromatic hydroxyl groups is 1. The molecule has 4 nitrogen and oxygen atoms in total. The van der Waals surface area contributed by atoms with E-state index in [4.69, 9.17) is 0 Å². The number of fused-ring (bicyclic) bond motifs is 1. The summed E-state index contributed by atoms with van der Waals surface area (Å²) >= 11 is 0. The van der Waals surface area contributed by atoms with Crippen molar-refractivity contribution in [2.45, 2.75) is 0 Å². The third-order valence-electron chi connectivity index (χ3n) is 2.15. The van der Waals surface area contributed by atoms with Gasteiger partial charge >= 0.3 is 0 Å². The maximum atomic E-state index is 10.0. The summed E-state index contributed by atoms with van der Waals surface area (Å²) in [5, 5.41) is 12.9. The predicted octanol–water partition coefficient (Wildman–Crippen LogP) is 1.59. The molecule has 1 aromatic carbocycles. The molecule has 0 fully saturated rings. The monoisotopic (exact) mass is 202 g/mol. The van der Waals surface area contributed by atoms with Crippen LogP contribution in [0.25, 0.3) is 17.0 Å². The van der Waals surface area contributed by atoms with Gasteiger partial charge in [-0.15, -0.1) is 0 Å². The Bertz CT molecular complexity index is 514. The fraction of sp³-hybridized carbons (Fsp3) is 0. The maximum absolute atomic E-state index is 10.0.